The fourth-order valence-corrected chi connectivity index (χ4v) is 5.32. The molecule has 0 saturated heterocycles. The van der Waals surface area contributed by atoms with Crippen molar-refractivity contribution in [2.45, 2.75) is 41.7 Å². The van der Waals surface area contributed by atoms with E-state index in [1.807, 2.05) is 6.92 Å². The second kappa shape index (κ2) is 9.01. The van der Waals surface area contributed by atoms with E-state index >= 15 is 0 Å². The van der Waals surface area contributed by atoms with Gasteiger partial charge in [0.15, 0.2) is 15.6 Å². The van der Waals surface area contributed by atoms with Crippen molar-refractivity contribution < 1.29 is 22.8 Å². The van der Waals surface area contributed by atoms with Crippen molar-refractivity contribution in [2.24, 2.45) is 0 Å². The quantitative estimate of drug-likeness (QED) is 0.657. The maximum Gasteiger partial charge on any atom is 0.225 e. The number of carbonyl (C=O) groups excluding carboxylic acids is 3. The molecular weight excluding hydrogens is 424 g/mol. The highest BCUT2D eigenvalue weighted by atomic mass is 32.2. The zero-order valence-electron chi connectivity index (χ0n) is 16.6. The zero-order chi connectivity index (χ0) is 21.9. The third-order valence-electron chi connectivity index (χ3n) is 4.54. The maximum absolute atomic E-state index is 12.7. The van der Waals surface area contributed by atoms with Crippen molar-refractivity contribution in [3.8, 4) is 0 Å². The van der Waals surface area contributed by atoms with Crippen LogP contribution in [0.1, 0.15) is 37.0 Å². The van der Waals surface area contributed by atoms with Gasteiger partial charge in [-0.1, -0.05) is 19.1 Å². The molecule has 2 amide bonds. The predicted octanol–water partition coefficient (Wildman–Crippen LogP) is 3.51. The molecule has 0 radical (unpaired) electrons. The average molecular weight is 447 g/mol. The van der Waals surface area contributed by atoms with Gasteiger partial charge in [-0.3, -0.25) is 14.4 Å². The van der Waals surface area contributed by atoms with Gasteiger partial charge in [0, 0.05) is 34.2 Å². The van der Waals surface area contributed by atoms with Gasteiger partial charge < -0.3 is 10.6 Å². The molecule has 2 aromatic carbocycles. The fourth-order valence-electron chi connectivity index (χ4n) is 3.01. The van der Waals surface area contributed by atoms with Crippen molar-refractivity contribution in [1.29, 1.82) is 0 Å². The molecule has 1 aliphatic rings. The Kier molecular flexibility index (Phi) is 6.62. The minimum Gasteiger partial charge on any atom is -0.326 e. The second-order valence-corrected chi connectivity index (χ2v) is 10.7. The number of fused-ring (bicyclic) bond motifs is 1. The molecule has 0 saturated carbocycles. The van der Waals surface area contributed by atoms with Crippen LogP contribution in [0.25, 0.3) is 0 Å². The number of benzene rings is 2. The lowest BCUT2D eigenvalue weighted by molar-refractivity contribution is -0.116. The van der Waals surface area contributed by atoms with E-state index in [0.717, 1.165) is 4.90 Å². The zero-order valence-corrected chi connectivity index (χ0v) is 18.2. The van der Waals surface area contributed by atoms with Crippen LogP contribution in [0.2, 0.25) is 0 Å². The highest BCUT2D eigenvalue weighted by Crippen LogP contribution is 2.36. The molecule has 1 aliphatic heterocycles. The van der Waals surface area contributed by atoms with Crippen LogP contribution in [0, 0.1) is 0 Å². The summed E-state index contributed by atoms with van der Waals surface area (Å²) < 4.78 is 25.4. The third-order valence-corrected chi connectivity index (χ3v) is 7.43. The molecule has 0 spiro atoms. The molecule has 0 bridgehead atoms. The summed E-state index contributed by atoms with van der Waals surface area (Å²) in [5.41, 5.74) is 1.37. The fraction of sp³-hybridized carbons (Fsp3) is 0.286. The first-order valence-electron chi connectivity index (χ1n) is 9.38. The number of amides is 2. The largest absolute Gasteiger partial charge is 0.326 e. The molecule has 2 aromatic rings. The molecule has 2 N–H and O–H groups in total. The molecule has 0 aliphatic carbocycles. The molecule has 1 unspecified atom stereocenters. The Bertz CT molecular complexity index is 1110. The summed E-state index contributed by atoms with van der Waals surface area (Å²) in [4.78, 5) is 36.4. The number of anilines is 2. The summed E-state index contributed by atoms with van der Waals surface area (Å²) in [6.07, 6.45) is 0.119. The topological polar surface area (TPSA) is 109 Å². The van der Waals surface area contributed by atoms with E-state index in [-0.39, 0.29) is 34.0 Å². The number of rotatable bonds is 6. The van der Waals surface area contributed by atoms with Gasteiger partial charge in [0.2, 0.25) is 11.8 Å². The molecule has 7 nitrogen and oxygen atoms in total. The van der Waals surface area contributed by atoms with Crippen LogP contribution in [0.5, 0.6) is 0 Å². The van der Waals surface area contributed by atoms with Gasteiger partial charge in [-0.15, -0.1) is 11.8 Å². The Morgan fingerprint density at radius 1 is 1.20 bits per heavy atom. The summed E-state index contributed by atoms with van der Waals surface area (Å²) >= 11 is 1.51. The molecule has 1 atom stereocenters. The monoisotopic (exact) mass is 446 g/mol. The first-order valence-corrected chi connectivity index (χ1v) is 11.9. The summed E-state index contributed by atoms with van der Waals surface area (Å²) in [6.45, 7) is 3.37. The SMILES string of the molecule is CC(=O)c1cccc(NC(=O)CCS(=O)(=O)c2ccc3c(c2)NC(=O)CC(C)S3)c1. The molecular formula is C21H22N2O5S2. The first-order chi connectivity index (χ1) is 14.1. The Morgan fingerprint density at radius 3 is 2.70 bits per heavy atom. The number of hydrogen-bond acceptors (Lipinski definition) is 6. The van der Waals surface area contributed by atoms with E-state index in [0.29, 0.717) is 23.4 Å². The van der Waals surface area contributed by atoms with E-state index < -0.39 is 15.7 Å². The number of ketones is 1. The lowest BCUT2D eigenvalue weighted by Crippen LogP contribution is -2.18. The number of nitrogens with one attached hydrogen (secondary N) is 2. The maximum atomic E-state index is 12.7. The van der Waals surface area contributed by atoms with Crippen LogP contribution in [0.4, 0.5) is 11.4 Å². The normalized spacial score (nSPS) is 16.2. The molecule has 158 valence electrons. The number of carbonyl (C=O) groups is 3. The van der Waals surface area contributed by atoms with E-state index in [1.165, 1.54) is 30.8 Å². The lowest BCUT2D eigenvalue weighted by Gasteiger charge is -2.11. The van der Waals surface area contributed by atoms with Gasteiger partial charge >= 0.3 is 0 Å². The number of thioether (sulfide) groups is 1. The van der Waals surface area contributed by atoms with Gasteiger partial charge in [0.25, 0.3) is 0 Å². The number of Topliss-reactive ketones (excluding diaryl/α,β-unsaturated/α-hetero) is 1. The molecule has 9 heteroatoms. The number of hydrogen-bond donors (Lipinski definition) is 2. The van der Waals surface area contributed by atoms with Crippen molar-refractivity contribution >= 4 is 50.6 Å². The van der Waals surface area contributed by atoms with Crippen LogP contribution in [-0.2, 0) is 19.4 Å². The molecule has 0 fully saturated rings. The van der Waals surface area contributed by atoms with Crippen molar-refractivity contribution in [2.75, 3.05) is 16.4 Å². The van der Waals surface area contributed by atoms with E-state index in [2.05, 4.69) is 10.6 Å². The average Bonchev–Trinajstić information content (AvgIpc) is 2.82. The summed E-state index contributed by atoms with van der Waals surface area (Å²) in [6, 6.07) is 11.1. The minimum atomic E-state index is -3.72. The molecule has 0 aromatic heterocycles. The van der Waals surface area contributed by atoms with Crippen LogP contribution < -0.4 is 10.6 Å². The van der Waals surface area contributed by atoms with E-state index in [4.69, 9.17) is 0 Å². The Balaban J connectivity index is 1.68. The van der Waals surface area contributed by atoms with E-state index in [1.54, 1.807) is 30.3 Å². The highest BCUT2D eigenvalue weighted by molar-refractivity contribution is 8.00. The van der Waals surface area contributed by atoms with Gasteiger partial charge in [-0.2, -0.15) is 0 Å². The Hall–Kier alpha value is -2.65. The highest BCUT2D eigenvalue weighted by Gasteiger charge is 2.23. The first kappa shape index (κ1) is 22.0. The number of sulfone groups is 1. The summed E-state index contributed by atoms with van der Waals surface area (Å²) in [7, 11) is -3.72. The predicted molar refractivity (Wildman–Crippen MR) is 117 cm³/mol. The lowest BCUT2D eigenvalue weighted by atomic mass is 10.1. The smallest absolute Gasteiger partial charge is 0.225 e. The van der Waals surface area contributed by atoms with E-state index in [9.17, 15) is 22.8 Å². The molecule has 3 rings (SSSR count). The van der Waals surface area contributed by atoms with Crippen LogP contribution >= 0.6 is 11.8 Å². The Morgan fingerprint density at radius 2 is 1.97 bits per heavy atom. The van der Waals surface area contributed by atoms with Crippen molar-refractivity contribution in [1.82, 2.24) is 0 Å². The van der Waals surface area contributed by atoms with Gasteiger partial charge in [0.1, 0.15) is 0 Å². The van der Waals surface area contributed by atoms with Crippen LogP contribution in [0.3, 0.4) is 0 Å². The van der Waals surface area contributed by atoms with Gasteiger partial charge in [-0.05, 0) is 37.3 Å². The van der Waals surface area contributed by atoms with Gasteiger partial charge in [0.05, 0.1) is 16.3 Å². The molecule has 30 heavy (non-hydrogen) atoms. The summed E-state index contributed by atoms with van der Waals surface area (Å²) in [5.74, 6) is -1.12. The third kappa shape index (κ3) is 5.48. The van der Waals surface area contributed by atoms with Crippen LogP contribution in [0.15, 0.2) is 52.3 Å². The second-order valence-electron chi connectivity index (χ2n) is 7.09. The standard InChI is InChI=1S/C21H22N2O5S2/c1-13-10-21(26)23-18-12-17(6-7-19(18)29-13)30(27,28)9-8-20(25)22-16-5-3-4-15(11-16)14(2)24/h3-7,11-13H,8-10H2,1-2H3,(H,22,25)(H,23,26). The van der Waals surface area contributed by atoms with Crippen LogP contribution in [-0.4, -0.2) is 37.0 Å². The molecule has 1 heterocycles. The van der Waals surface area contributed by atoms with Crippen molar-refractivity contribution in [3.63, 3.8) is 0 Å². The van der Waals surface area contributed by atoms with Gasteiger partial charge in [-0.25, -0.2) is 8.42 Å². The summed E-state index contributed by atoms with van der Waals surface area (Å²) in [5, 5.41) is 5.46. The van der Waals surface area contributed by atoms with Crippen molar-refractivity contribution in [3.05, 3.63) is 48.0 Å². The minimum absolute atomic E-state index is 0.0584. The Labute approximate surface area is 179 Å².